The van der Waals surface area contributed by atoms with Crippen LogP contribution in [0.4, 0.5) is 0 Å². The van der Waals surface area contributed by atoms with Crippen LogP contribution in [0, 0.1) is 0 Å². The van der Waals surface area contributed by atoms with Crippen molar-refractivity contribution in [1.82, 2.24) is 5.32 Å². The number of dihydropyridines is 1. The average Bonchev–Trinajstić information content (AvgIpc) is 2.70. The number of benzene rings is 1. The molecule has 0 saturated heterocycles. The van der Waals surface area contributed by atoms with E-state index in [9.17, 15) is 9.59 Å². The Morgan fingerprint density at radius 2 is 2.00 bits per heavy atom. The molecule has 0 saturated carbocycles. The van der Waals surface area contributed by atoms with E-state index in [2.05, 4.69) is 5.32 Å². The Kier molecular flexibility index (Phi) is 6.07. The maximum absolute atomic E-state index is 13.0. The molecule has 6 nitrogen and oxygen atoms in total. The quantitative estimate of drug-likeness (QED) is 0.754. The van der Waals surface area contributed by atoms with Crippen molar-refractivity contribution in [2.45, 2.75) is 45.4 Å². The molecule has 0 fully saturated rings. The second kappa shape index (κ2) is 8.50. The SMILES string of the molecule is CCCOC(=O)C1=C(C)NC2=C(C(=O)CCC2)[C@@H]1c1cccc(OC)c1OC. The van der Waals surface area contributed by atoms with Crippen molar-refractivity contribution in [3.63, 3.8) is 0 Å². The molecule has 28 heavy (non-hydrogen) atoms. The van der Waals surface area contributed by atoms with Gasteiger partial charge in [-0.05, 0) is 32.3 Å². The summed E-state index contributed by atoms with van der Waals surface area (Å²) in [6.45, 7) is 4.13. The molecule has 1 aliphatic heterocycles. The van der Waals surface area contributed by atoms with Gasteiger partial charge in [0, 0.05) is 29.0 Å². The fourth-order valence-corrected chi connectivity index (χ4v) is 3.98. The van der Waals surface area contributed by atoms with Gasteiger partial charge in [-0.2, -0.15) is 0 Å². The first-order chi connectivity index (χ1) is 13.5. The lowest BCUT2D eigenvalue weighted by molar-refractivity contribution is -0.139. The number of methoxy groups -OCH3 is 2. The van der Waals surface area contributed by atoms with Gasteiger partial charge in [0.25, 0.3) is 0 Å². The van der Waals surface area contributed by atoms with Crippen LogP contribution in [-0.2, 0) is 14.3 Å². The Balaban J connectivity index is 2.21. The molecular weight excluding hydrogens is 358 g/mol. The number of carbonyl (C=O) groups excluding carboxylic acids is 2. The predicted molar refractivity (Wildman–Crippen MR) is 105 cm³/mol. The first-order valence-corrected chi connectivity index (χ1v) is 9.65. The van der Waals surface area contributed by atoms with Gasteiger partial charge in [-0.1, -0.05) is 19.1 Å². The zero-order valence-corrected chi connectivity index (χ0v) is 16.9. The fraction of sp³-hybridized carbons (Fsp3) is 0.455. The first kappa shape index (κ1) is 20.0. The summed E-state index contributed by atoms with van der Waals surface area (Å²) < 4.78 is 16.5. The summed E-state index contributed by atoms with van der Waals surface area (Å²) in [7, 11) is 3.13. The molecule has 0 unspecified atom stereocenters. The van der Waals surface area contributed by atoms with Gasteiger partial charge >= 0.3 is 5.97 Å². The number of Topliss-reactive ketones (excluding diaryl/α,β-unsaturated/α-hetero) is 1. The zero-order valence-electron chi connectivity index (χ0n) is 16.9. The molecule has 1 atom stereocenters. The van der Waals surface area contributed by atoms with E-state index in [0.717, 1.165) is 30.5 Å². The monoisotopic (exact) mass is 385 g/mol. The highest BCUT2D eigenvalue weighted by Crippen LogP contribution is 2.47. The summed E-state index contributed by atoms with van der Waals surface area (Å²) in [6, 6.07) is 5.52. The third-order valence-electron chi connectivity index (χ3n) is 5.18. The molecule has 150 valence electrons. The van der Waals surface area contributed by atoms with Gasteiger partial charge < -0.3 is 19.5 Å². The van der Waals surface area contributed by atoms with Gasteiger partial charge in [-0.25, -0.2) is 4.79 Å². The average molecular weight is 385 g/mol. The van der Waals surface area contributed by atoms with Crippen molar-refractivity contribution in [1.29, 1.82) is 0 Å². The molecule has 1 N–H and O–H groups in total. The van der Waals surface area contributed by atoms with Crippen LogP contribution in [0.2, 0.25) is 0 Å². The number of allylic oxidation sites excluding steroid dienone is 3. The summed E-state index contributed by atoms with van der Waals surface area (Å²) in [6.07, 6.45) is 2.78. The third-order valence-corrected chi connectivity index (χ3v) is 5.18. The first-order valence-electron chi connectivity index (χ1n) is 9.65. The van der Waals surface area contributed by atoms with E-state index in [0.29, 0.717) is 41.4 Å². The molecule has 2 aliphatic rings. The number of nitrogens with one attached hydrogen (secondary N) is 1. The van der Waals surface area contributed by atoms with Crippen molar-refractivity contribution in [2.24, 2.45) is 0 Å². The van der Waals surface area contributed by atoms with Crippen molar-refractivity contribution in [3.05, 3.63) is 46.3 Å². The standard InChI is InChI=1S/C22H27NO5/c1-5-12-28-22(25)18-13(2)23-15-9-7-10-16(24)20(15)19(18)14-8-6-11-17(26-3)21(14)27-4/h6,8,11,19,23H,5,7,9-10,12H2,1-4H3/t19-/m1/s1. The van der Waals surface area contributed by atoms with Gasteiger partial charge in [0.1, 0.15) is 0 Å². The number of esters is 1. The lowest BCUT2D eigenvalue weighted by atomic mass is 9.75. The number of rotatable bonds is 6. The third kappa shape index (κ3) is 3.51. The van der Waals surface area contributed by atoms with E-state index in [1.54, 1.807) is 20.3 Å². The number of ketones is 1. The summed E-state index contributed by atoms with van der Waals surface area (Å²) in [4.78, 5) is 25.9. The minimum absolute atomic E-state index is 0.0527. The van der Waals surface area contributed by atoms with Crippen LogP contribution in [0.1, 0.15) is 51.0 Å². The number of hydrogen-bond acceptors (Lipinski definition) is 6. The second-order valence-corrected chi connectivity index (χ2v) is 6.98. The molecule has 0 radical (unpaired) electrons. The smallest absolute Gasteiger partial charge is 0.336 e. The van der Waals surface area contributed by atoms with Crippen LogP contribution in [0.5, 0.6) is 11.5 Å². The molecule has 3 rings (SSSR count). The van der Waals surface area contributed by atoms with Crippen LogP contribution >= 0.6 is 0 Å². The molecular formula is C22H27NO5. The van der Waals surface area contributed by atoms with Gasteiger partial charge in [0.15, 0.2) is 17.3 Å². The van der Waals surface area contributed by atoms with Crippen molar-refractivity contribution in [3.8, 4) is 11.5 Å². The Bertz CT molecular complexity index is 852. The van der Waals surface area contributed by atoms with Crippen LogP contribution < -0.4 is 14.8 Å². The Morgan fingerprint density at radius 1 is 1.21 bits per heavy atom. The zero-order chi connectivity index (χ0) is 20.3. The Morgan fingerprint density at radius 3 is 2.68 bits per heavy atom. The number of hydrogen-bond donors (Lipinski definition) is 1. The summed E-state index contributed by atoms with van der Waals surface area (Å²) in [5.74, 6) is 0.181. The lowest BCUT2D eigenvalue weighted by Gasteiger charge is -2.34. The summed E-state index contributed by atoms with van der Waals surface area (Å²) >= 11 is 0. The fourth-order valence-electron chi connectivity index (χ4n) is 3.98. The van der Waals surface area contributed by atoms with Crippen LogP contribution in [0.25, 0.3) is 0 Å². The van der Waals surface area contributed by atoms with E-state index in [1.807, 2.05) is 26.0 Å². The normalized spacial score (nSPS) is 19.1. The van der Waals surface area contributed by atoms with Crippen LogP contribution in [-0.4, -0.2) is 32.6 Å². The highest BCUT2D eigenvalue weighted by molar-refractivity contribution is 6.04. The van der Waals surface area contributed by atoms with Gasteiger partial charge in [0.05, 0.1) is 32.3 Å². The largest absolute Gasteiger partial charge is 0.493 e. The second-order valence-electron chi connectivity index (χ2n) is 6.98. The number of carbonyl (C=O) groups is 2. The Labute approximate surface area is 165 Å². The molecule has 1 heterocycles. The molecule has 1 aliphatic carbocycles. The Hall–Kier alpha value is -2.76. The number of ether oxygens (including phenoxy) is 3. The summed E-state index contributed by atoms with van der Waals surface area (Å²) in [5.41, 5.74) is 3.41. The van der Waals surface area contributed by atoms with Crippen LogP contribution in [0.15, 0.2) is 40.7 Å². The summed E-state index contributed by atoms with van der Waals surface area (Å²) in [5, 5.41) is 3.29. The van der Waals surface area contributed by atoms with E-state index in [-0.39, 0.29) is 5.78 Å². The molecule has 0 aromatic heterocycles. The highest BCUT2D eigenvalue weighted by Gasteiger charge is 2.40. The molecule has 1 aromatic rings. The number of para-hydroxylation sites is 1. The van der Waals surface area contributed by atoms with E-state index >= 15 is 0 Å². The topological polar surface area (TPSA) is 73.9 Å². The maximum atomic E-state index is 13.0. The van der Waals surface area contributed by atoms with E-state index < -0.39 is 11.9 Å². The van der Waals surface area contributed by atoms with Crippen molar-refractivity contribution >= 4 is 11.8 Å². The molecule has 6 heteroatoms. The van der Waals surface area contributed by atoms with E-state index in [4.69, 9.17) is 14.2 Å². The van der Waals surface area contributed by atoms with Crippen molar-refractivity contribution in [2.75, 3.05) is 20.8 Å². The van der Waals surface area contributed by atoms with E-state index in [1.165, 1.54) is 0 Å². The minimum Gasteiger partial charge on any atom is -0.493 e. The molecule has 0 amide bonds. The van der Waals surface area contributed by atoms with Crippen LogP contribution in [0.3, 0.4) is 0 Å². The maximum Gasteiger partial charge on any atom is 0.336 e. The van der Waals surface area contributed by atoms with Gasteiger partial charge in [-0.15, -0.1) is 0 Å². The lowest BCUT2D eigenvalue weighted by Crippen LogP contribution is -2.34. The highest BCUT2D eigenvalue weighted by atomic mass is 16.5. The minimum atomic E-state index is -0.543. The van der Waals surface area contributed by atoms with Crippen molar-refractivity contribution < 1.29 is 23.8 Å². The van der Waals surface area contributed by atoms with Gasteiger partial charge in [-0.3, -0.25) is 4.79 Å². The van der Waals surface area contributed by atoms with Gasteiger partial charge in [0.2, 0.25) is 0 Å². The molecule has 1 aromatic carbocycles. The molecule has 0 spiro atoms. The molecule has 0 bridgehead atoms. The predicted octanol–water partition coefficient (Wildman–Crippen LogP) is 3.62.